The second-order valence-electron chi connectivity index (χ2n) is 17.0. The summed E-state index contributed by atoms with van der Waals surface area (Å²) in [7, 11) is -11.2. The standard InChI is InChI=1S/5C15H25NO3/c5*1-12(2)16-10-14(17)11-19-15-6-4-13(5-7-15)8-9-18-3/h5*4-7,12,14,16-17H,8-11H2,1-3H3/i1D3,2D3,3D3,8D2,9D2,10D2,11D2,14D;1D3,2D3,8D2,9D2,10D2,11D2,14D;1D3,2D3,3D3,8D2,9D2,10D2,11D2;1D3,2D3,3D3,8D2,9D2,11D2;1D3,2D3,3D3. The van der Waals surface area contributed by atoms with E-state index in [2.05, 4.69) is 34.3 Å². The monoisotopic (exact) mass is 1410 g/mol. The van der Waals surface area contributed by atoms with Crippen molar-refractivity contribution in [3.8, 4) is 28.7 Å². The van der Waals surface area contributed by atoms with Crippen LogP contribution < -0.4 is 50.3 Å². The van der Waals surface area contributed by atoms with Crippen molar-refractivity contribution in [2.45, 2.75) is 161 Å². The Morgan fingerprint density at radius 1 is 0.347 bits per heavy atom. The molecule has 5 aromatic rings. The fraction of sp³-hybridized carbons (Fsp3) is 0.600. The van der Waals surface area contributed by atoms with Gasteiger partial charge in [-0.1, -0.05) is 129 Å². The molecule has 10 N–H and O–H groups in total. The minimum absolute atomic E-state index is 0.0508. The van der Waals surface area contributed by atoms with Gasteiger partial charge in [0.25, 0.3) is 0 Å². The van der Waals surface area contributed by atoms with Gasteiger partial charge in [-0.2, -0.15) is 0 Å². The predicted octanol–water partition coefficient (Wildman–Crippen LogP) is 8.07. The van der Waals surface area contributed by atoms with Crippen LogP contribution in [0.2, 0.25) is 0 Å². The molecular weight excluding hydrogens is 1210 g/mol. The van der Waals surface area contributed by atoms with Gasteiger partial charge >= 0.3 is 0 Å². The summed E-state index contributed by atoms with van der Waals surface area (Å²) in [6.07, 6.45) is -25.0. The Kier molecular flexibility index (Phi) is 15.6. The zero-order valence-electron chi connectivity index (χ0n) is 124. The van der Waals surface area contributed by atoms with Crippen LogP contribution in [-0.2, 0) is 55.6 Å². The molecule has 0 saturated carbocycles. The molecule has 0 aliphatic heterocycles. The van der Waals surface area contributed by atoms with Crippen LogP contribution >= 0.6 is 0 Å². The summed E-state index contributed by atoms with van der Waals surface area (Å²) in [6, 6.07) is 10.4. The van der Waals surface area contributed by atoms with E-state index in [1.165, 1.54) is 10.6 Å². The maximum atomic E-state index is 10.4. The van der Waals surface area contributed by atoms with Crippen LogP contribution in [0.4, 0.5) is 0 Å². The average Bonchev–Trinajstić information content (AvgIpc) is 0.753. The van der Waals surface area contributed by atoms with Crippen molar-refractivity contribution in [3.63, 3.8) is 0 Å². The normalized spacial score (nSPS) is 29.0. The van der Waals surface area contributed by atoms with Crippen LogP contribution in [0.1, 0.15) is 198 Å². The quantitative estimate of drug-likeness (QED) is 0.0177. The first-order valence-electron chi connectivity index (χ1n) is 63.5. The Morgan fingerprint density at radius 2 is 0.653 bits per heavy atom. The Bertz CT molecular complexity index is 5510. The average molecular weight is 1410 g/mol. The Labute approximate surface area is 675 Å². The highest BCUT2D eigenvalue weighted by Gasteiger charge is 2.11. The molecule has 540 valence electrons. The van der Waals surface area contributed by atoms with Gasteiger partial charge in [-0.15, -0.1) is 0 Å². The molecule has 5 unspecified atom stereocenters. The molecule has 0 aliphatic carbocycles. The third-order valence-electron chi connectivity index (χ3n) is 9.55. The van der Waals surface area contributed by atoms with Crippen molar-refractivity contribution in [1.82, 2.24) is 26.6 Å². The SMILES string of the molecule is [2H]C([2H])([2H])C(NC([2H])([2H])C([2H])(O)C([2H])([2H])Oc1ccc(C([2H])([2H])C([2H])([2H])OC)cc1)C([2H])([2H])[2H].[2H]C([2H])([2H])OC([2H])([2H])C([2H])([2H])c1ccc(OC([2H])([2H])C(O)C([2H])([2H])NC(C([2H])([2H])[2H])C([2H])([2H])[2H])cc1.[2H]C([2H])([2H])OC([2H])([2H])C([2H])([2H])c1ccc(OC([2H])([2H])C(O)CNC(C([2H])([2H])[2H])C([2H])([2H])[2H])cc1.[2H]C([2H])([2H])OC([2H])([2H])C([2H])([2H])c1ccc(OC([2H])([2H])C([2H])(O)C([2H])([2H])NC(C([2H])([2H])[2H])C([2H])([2H])[2H])cc1.[2H]C([2H])([2H])OCCc1ccc(OCC(O)CNC(C([2H])([2H])[2H])C([2H])([2H])[2H])cc1. The molecule has 0 amide bonds. The van der Waals surface area contributed by atoms with E-state index in [4.69, 9.17) is 125 Å². The summed E-state index contributed by atoms with van der Waals surface area (Å²) in [5.74, 6) is -1.21. The molecular formula is C75H125N5O15. The summed E-state index contributed by atoms with van der Waals surface area (Å²) >= 11 is 0. The fourth-order valence-corrected chi connectivity index (χ4v) is 5.48. The van der Waals surface area contributed by atoms with Gasteiger partial charge in [0.2, 0.25) is 0 Å². The van der Waals surface area contributed by atoms with Crippen LogP contribution in [0.25, 0.3) is 0 Å². The number of methoxy groups -OCH3 is 5. The molecule has 0 fully saturated rings. The molecule has 0 radical (unpaired) electrons. The van der Waals surface area contributed by atoms with Crippen LogP contribution in [0.5, 0.6) is 28.7 Å². The Balaban J connectivity index is 0.00000106. The van der Waals surface area contributed by atoms with Crippen LogP contribution in [0, 0.1) is 0 Å². The smallest absolute Gasteiger partial charge is 0.119 e. The van der Waals surface area contributed by atoms with Gasteiger partial charge in [0.15, 0.2) is 0 Å². The lowest BCUT2D eigenvalue weighted by Crippen LogP contribution is -2.35. The zero-order valence-corrected chi connectivity index (χ0v) is 50.0. The van der Waals surface area contributed by atoms with Gasteiger partial charge in [0.1, 0.15) is 92.1 Å². The first kappa shape index (κ1) is 26.2. The van der Waals surface area contributed by atoms with E-state index >= 15 is 0 Å². The lowest BCUT2D eigenvalue weighted by Gasteiger charge is -2.15. The van der Waals surface area contributed by atoms with E-state index in [-0.39, 0.29) is 36.6 Å². The van der Waals surface area contributed by atoms with Crippen molar-refractivity contribution in [3.05, 3.63) is 149 Å². The molecule has 95 heavy (non-hydrogen) atoms. The van der Waals surface area contributed by atoms with E-state index < -0.39 is 290 Å². The minimum Gasteiger partial charge on any atom is -0.491 e. The van der Waals surface area contributed by atoms with E-state index in [9.17, 15) is 25.5 Å². The first-order chi connectivity index (χ1) is 74.0. The van der Waals surface area contributed by atoms with Crippen LogP contribution in [0.15, 0.2) is 121 Å². The number of hydrogen-bond donors (Lipinski definition) is 10. The molecule has 5 atom stereocenters. The summed E-state index contributed by atoms with van der Waals surface area (Å²) < 4.78 is 600. The summed E-state index contributed by atoms with van der Waals surface area (Å²) in [4.78, 5) is 0. The lowest BCUT2D eigenvalue weighted by atomic mass is 10.1. The van der Waals surface area contributed by atoms with Crippen LogP contribution in [-0.4, -0.2) is 220 Å². The third kappa shape index (κ3) is 50.5. The molecule has 20 nitrogen and oxygen atoms in total. The maximum Gasteiger partial charge on any atom is 0.119 e. The van der Waals surface area contributed by atoms with E-state index in [0.717, 1.165) is 110 Å². The number of nitrogens with one attached hydrogen (secondary N) is 5. The van der Waals surface area contributed by atoms with Crippen molar-refractivity contribution >= 4 is 0 Å². The number of benzene rings is 5. The molecule has 0 bridgehead atoms. The number of aryl methyl sites for hydroxylation is 4. The second-order valence-corrected chi connectivity index (χ2v) is 17.0. The van der Waals surface area contributed by atoms with E-state index in [0.29, 0.717) is 12.2 Å². The Morgan fingerprint density at radius 3 is 1.01 bits per heavy atom. The summed E-state index contributed by atoms with van der Waals surface area (Å²) in [5.41, 5.74) is -0.651. The molecule has 0 heterocycles. The highest BCUT2D eigenvalue weighted by atomic mass is 16.5. The Hall–Kier alpha value is -5.50. The second kappa shape index (κ2) is 56.5. The van der Waals surface area contributed by atoms with Crippen molar-refractivity contribution in [2.75, 3.05) is 134 Å². The predicted molar refractivity (Wildman–Crippen MR) is 383 cm³/mol. The zero-order chi connectivity index (χ0) is 134. The van der Waals surface area contributed by atoms with Gasteiger partial charge in [-0.3, -0.25) is 0 Å². The molecule has 0 aromatic heterocycles. The van der Waals surface area contributed by atoms with E-state index in [1.54, 1.807) is 29.6 Å². The van der Waals surface area contributed by atoms with Crippen molar-refractivity contribution in [2.24, 2.45) is 0 Å². The van der Waals surface area contributed by atoms with Crippen molar-refractivity contribution in [1.29, 1.82) is 0 Å². The van der Waals surface area contributed by atoms with Crippen LogP contribution in [0.3, 0.4) is 0 Å². The number of aliphatic hydroxyl groups excluding tert-OH is 3. The number of aliphatic hydroxyl groups is 5. The minimum atomic E-state index is -3.97. The topological polar surface area (TPSA) is 254 Å². The maximum absolute atomic E-state index is 10.4. The van der Waals surface area contributed by atoms with Gasteiger partial charge in [0.05, 0.1) is 74.0 Å². The first-order valence-corrected chi connectivity index (χ1v) is 26.5. The largest absolute Gasteiger partial charge is 0.491 e. The van der Waals surface area contributed by atoms with Gasteiger partial charge in [0, 0.05) is 158 Å². The molecule has 5 aromatic carbocycles. The lowest BCUT2D eigenvalue weighted by molar-refractivity contribution is 0.104. The summed E-state index contributed by atoms with van der Waals surface area (Å²) in [6.45, 7) is -69.1. The van der Waals surface area contributed by atoms with Gasteiger partial charge in [-0.05, 0) is 120 Å². The third-order valence-corrected chi connectivity index (χ3v) is 9.55. The molecule has 5 rings (SSSR count). The molecule has 0 saturated heterocycles. The van der Waals surface area contributed by atoms with Gasteiger partial charge in [-0.25, -0.2) is 0 Å². The number of ether oxygens (including phenoxy) is 10. The summed E-state index contributed by atoms with van der Waals surface area (Å²) in [5, 5.41) is 60.1. The molecule has 0 spiro atoms. The fourth-order valence-electron chi connectivity index (χ4n) is 5.48. The van der Waals surface area contributed by atoms with Crippen molar-refractivity contribution < 1.29 is 174 Å². The number of rotatable bonds is 45. The molecule has 20 heteroatoms. The molecule has 0 aliphatic rings. The van der Waals surface area contributed by atoms with E-state index in [1.807, 2.05) is 0 Å². The van der Waals surface area contributed by atoms with Gasteiger partial charge < -0.3 is 99.5 Å². The highest BCUT2D eigenvalue weighted by molar-refractivity contribution is 5.31. The number of hydrogen-bond acceptors (Lipinski definition) is 20. The highest BCUT2D eigenvalue weighted by Crippen LogP contribution is 2.17.